The van der Waals surface area contributed by atoms with Gasteiger partial charge in [0, 0.05) is 31.0 Å². The number of benzene rings is 2. The molecule has 2 aromatic carbocycles. The van der Waals surface area contributed by atoms with E-state index in [-0.39, 0.29) is 28.7 Å². The number of carbonyl (C=O) groups excluding carboxylic acids is 1. The first-order valence-electron chi connectivity index (χ1n) is 17.5. The Bertz CT molecular complexity index is 2390. The van der Waals surface area contributed by atoms with Crippen molar-refractivity contribution in [3.63, 3.8) is 0 Å². The van der Waals surface area contributed by atoms with Crippen molar-refractivity contribution in [1.82, 2.24) is 33.7 Å². The van der Waals surface area contributed by atoms with Gasteiger partial charge in [0.1, 0.15) is 23.0 Å². The highest BCUT2D eigenvalue weighted by Gasteiger charge is 2.29. The molecule has 0 unspecified atom stereocenters. The van der Waals surface area contributed by atoms with E-state index in [1.54, 1.807) is 6.07 Å². The zero-order valence-electron chi connectivity index (χ0n) is 28.0. The molecule has 1 saturated carbocycles. The lowest BCUT2D eigenvalue weighted by molar-refractivity contribution is 0.0917. The van der Waals surface area contributed by atoms with Crippen molar-refractivity contribution in [1.29, 1.82) is 0 Å². The summed E-state index contributed by atoms with van der Waals surface area (Å²) in [5.41, 5.74) is 3.21. The number of fused-ring (bicyclic) bond motifs is 2. The van der Waals surface area contributed by atoms with Gasteiger partial charge in [-0.3, -0.25) is 19.1 Å². The van der Waals surface area contributed by atoms with Crippen LogP contribution in [-0.4, -0.2) is 53.4 Å². The Morgan fingerprint density at radius 2 is 1.61 bits per heavy atom. The summed E-state index contributed by atoms with van der Waals surface area (Å²) in [7, 11) is 0. The molecule has 1 aliphatic heterocycles. The summed E-state index contributed by atoms with van der Waals surface area (Å²) in [5, 5.41) is 3.01. The molecule has 1 saturated heterocycles. The zero-order chi connectivity index (χ0) is 35.1. The van der Waals surface area contributed by atoms with E-state index >= 15 is 0 Å². The number of halogens is 2. The van der Waals surface area contributed by atoms with E-state index in [1.807, 2.05) is 30.3 Å². The predicted molar refractivity (Wildman–Crippen MR) is 190 cm³/mol. The number of likely N-dealkylation sites (tertiary alicyclic amines) is 1. The van der Waals surface area contributed by atoms with Crippen molar-refractivity contribution in [3.8, 4) is 16.8 Å². The van der Waals surface area contributed by atoms with Gasteiger partial charge in [-0.15, -0.1) is 0 Å². The molecule has 1 N–H and O–H groups in total. The van der Waals surface area contributed by atoms with E-state index in [2.05, 4.69) is 32.3 Å². The normalized spacial score (nSPS) is 18.3. The van der Waals surface area contributed by atoms with Crippen LogP contribution in [0.25, 0.3) is 33.5 Å². The molecule has 6 aromatic rings. The van der Waals surface area contributed by atoms with E-state index in [0.717, 1.165) is 43.0 Å². The van der Waals surface area contributed by atoms with Crippen LogP contribution in [0.5, 0.6) is 0 Å². The van der Waals surface area contributed by atoms with Crippen LogP contribution >= 0.6 is 0 Å². The van der Waals surface area contributed by atoms with Gasteiger partial charge in [-0.05, 0) is 105 Å². The number of amides is 1. The number of nitrogens with one attached hydrogen (secondary N) is 1. The fraction of sp³-hybridized carbons (Fsp3) is 0.308. The molecular weight excluding hydrogens is 652 g/mol. The van der Waals surface area contributed by atoms with Crippen molar-refractivity contribution in [2.75, 3.05) is 13.1 Å². The smallest absolute Gasteiger partial charge is 0.337 e. The second-order valence-electron chi connectivity index (χ2n) is 13.6. The molecule has 2 aliphatic rings. The molecule has 0 atom stereocenters. The Balaban J connectivity index is 1.07. The molecule has 51 heavy (non-hydrogen) atoms. The Kier molecular flexibility index (Phi) is 8.77. The summed E-state index contributed by atoms with van der Waals surface area (Å²) in [6, 6.07) is 19.2. The highest BCUT2D eigenvalue weighted by molar-refractivity contribution is 5.93. The highest BCUT2D eigenvalue weighted by atomic mass is 19.1. The van der Waals surface area contributed by atoms with Crippen LogP contribution < -0.4 is 16.6 Å². The minimum absolute atomic E-state index is 0.0160. The second kappa shape index (κ2) is 13.7. The molecule has 0 radical (unpaired) electrons. The molecule has 10 nitrogen and oxygen atoms in total. The molecule has 5 heterocycles. The van der Waals surface area contributed by atoms with E-state index < -0.39 is 28.9 Å². The number of carbonyl (C=O) groups is 1. The van der Waals surface area contributed by atoms with Gasteiger partial charge in [0.25, 0.3) is 11.5 Å². The first-order chi connectivity index (χ1) is 24.8. The molecule has 12 heteroatoms. The summed E-state index contributed by atoms with van der Waals surface area (Å²) < 4.78 is 32.3. The van der Waals surface area contributed by atoms with Crippen LogP contribution in [0.15, 0.2) is 94.9 Å². The highest BCUT2D eigenvalue weighted by Crippen LogP contribution is 2.29. The lowest BCUT2D eigenvalue weighted by Gasteiger charge is -2.30. The molecule has 4 aromatic heterocycles. The van der Waals surface area contributed by atoms with Gasteiger partial charge < -0.3 is 9.72 Å². The van der Waals surface area contributed by atoms with Crippen molar-refractivity contribution >= 4 is 22.6 Å². The first kappa shape index (κ1) is 32.7. The number of nitrogens with zero attached hydrogens (tertiary/aromatic N) is 6. The minimum Gasteiger partial charge on any atom is -0.348 e. The van der Waals surface area contributed by atoms with Crippen molar-refractivity contribution in [2.45, 2.75) is 63.6 Å². The molecule has 0 bridgehead atoms. The van der Waals surface area contributed by atoms with Gasteiger partial charge in [-0.25, -0.2) is 28.1 Å². The maximum absolute atomic E-state index is 14.6. The number of piperidine rings is 1. The SMILES string of the molecule is O=C(NC1CCC(n2c(=O)c3cc(F)cnc3n(-c3cccc(-c4cccc(CN5CCCCC5)c4)c3)c2=O)CC1)c1cn2cc(F)ccc2n1. The quantitative estimate of drug-likeness (QED) is 0.219. The van der Waals surface area contributed by atoms with Crippen LogP contribution in [0, 0.1) is 11.6 Å². The minimum atomic E-state index is -0.670. The average molecular weight is 690 g/mol. The molecule has 0 spiro atoms. The number of imidazole rings is 1. The van der Waals surface area contributed by atoms with Gasteiger partial charge in [-0.2, -0.15) is 0 Å². The summed E-state index contributed by atoms with van der Waals surface area (Å²) >= 11 is 0. The summed E-state index contributed by atoms with van der Waals surface area (Å²) in [6.45, 7) is 3.08. The Morgan fingerprint density at radius 1 is 0.843 bits per heavy atom. The van der Waals surface area contributed by atoms with Gasteiger partial charge in [0.05, 0.1) is 17.3 Å². The Hall–Kier alpha value is -5.49. The maximum Gasteiger partial charge on any atom is 0.337 e. The monoisotopic (exact) mass is 689 g/mol. The zero-order valence-corrected chi connectivity index (χ0v) is 28.0. The van der Waals surface area contributed by atoms with Crippen LogP contribution in [0.2, 0.25) is 0 Å². The van der Waals surface area contributed by atoms with Gasteiger partial charge in [0.15, 0.2) is 5.65 Å². The van der Waals surface area contributed by atoms with Crippen molar-refractivity contribution in [2.24, 2.45) is 0 Å². The van der Waals surface area contributed by atoms with Crippen LogP contribution in [-0.2, 0) is 6.54 Å². The topological polar surface area (TPSA) is 107 Å². The summed E-state index contributed by atoms with van der Waals surface area (Å²) in [5.74, 6) is -1.49. The van der Waals surface area contributed by atoms with E-state index in [0.29, 0.717) is 37.0 Å². The molecule has 260 valence electrons. The Morgan fingerprint density at radius 3 is 2.41 bits per heavy atom. The standard InChI is InChI=1S/C39H37F2N7O3/c40-28-10-15-35-44-34(24-46(35)23-28)37(49)43-30-11-13-31(14-12-30)48-38(50)33-20-29(41)21-42-36(33)47(39(48)51)32-9-5-8-27(19-32)26-7-4-6-25(18-26)22-45-16-2-1-3-17-45/h4-10,15,18-21,23-24,30-31H,1-3,11-14,16-17,22H2,(H,43,49). The van der Waals surface area contributed by atoms with Gasteiger partial charge in [-0.1, -0.05) is 36.8 Å². The first-order valence-corrected chi connectivity index (χ1v) is 17.5. The van der Waals surface area contributed by atoms with Crippen LogP contribution in [0.3, 0.4) is 0 Å². The number of hydrogen-bond donors (Lipinski definition) is 1. The Labute approximate surface area is 292 Å². The summed E-state index contributed by atoms with van der Waals surface area (Å²) in [4.78, 5) is 52.2. The third kappa shape index (κ3) is 6.59. The van der Waals surface area contributed by atoms with Crippen molar-refractivity contribution < 1.29 is 13.6 Å². The van der Waals surface area contributed by atoms with Gasteiger partial charge in [0.2, 0.25) is 0 Å². The maximum atomic E-state index is 14.6. The third-order valence-corrected chi connectivity index (χ3v) is 10.2. The van der Waals surface area contributed by atoms with E-state index in [9.17, 15) is 23.2 Å². The molecule has 2 fully saturated rings. The van der Waals surface area contributed by atoms with Crippen LogP contribution in [0.1, 0.15) is 67.0 Å². The second-order valence-corrected chi connectivity index (χ2v) is 13.6. The van der Waals surface area contributed by atoms with E-state index in [4.69, 9.17) is 0 Å². The number of pyridine rings is 2. The number of hydrogen-bond acceptors (Lipinski definition) is 6. The molecule has 1 amide bonds. The van der Waals surface area contributed by atoms with Gasteiger partial charge >= 0.3 is 5.69 Å². The molecular formula is C39H37F2N7O3. The largest absolute Gasteiger partial charge is 0.348 e. The third-order valence-electron chi connectivity index (χ3n) is 10.2. The summed E-state index contributed by atoms with van der Waals surface area (Å²) in [6.07, 6.45) is 9.36. The lowest BCUT2D eigenvalue weighted by atomic mass is 9.90. The number of aromatic nitrogens is 5. The van der Waals surface area contributed by atoms with E-state index in [1.165, 1.54) is 62.9 Å². The van der Waals surface area contributed by atoms with Crippen LogP contribution in [0.4, 0.5) is 8.78 Å². The number of rotatable bonds is 7. The predicted octanol–water partition coefficient (Wildman–Crippen LogP) is 6.04. The molecule has 8 rings (SSSR count). The molecule has 1 aliphatic carbocycles. The lowest BCUT2D eigenvalue weighted by Crippen LogP contribution is -2.45. The fourth-order valence-corrected chi connectivity index (χ4v) is 7.60. The van der Waals surface area contributed by atoms with Crippen molar-refractivity contribution in [3.05, 3.63) is 129 Å². The average Bonchev–Trinajstić information content (AvgIpc) is 3.57. The fourth-order valence-electron chi connectivity index (χ4n) is 7.60.